The molecule has 0 saturated carbocycles. The second-order valence-electron chi connectivity index (χ2n) is 7.00. The number of ether oxygens (including phenoxy) is 1. The normalized spacial score (nSPS) is 12.2. The van der Waals surface area contributed by atoms with Crippen molar-refractivity contribution in [3.05, 3.63) is 84.4 Å². The monoisotopic (exact) mass is 460 g/mol. The van der Waals surface area contributed by atoms with Crippen LogP contribution in [0.25, 0.3) is 15.2 Å². The quantitative estimate of drug-likeness (QED) is 0.310. The van der Waals surface area contributed by atoms with Crippen LogP contribution in [0.3, 0.4) is 0 Å². The van der Waals surface area contributed by atoms with Gasteiger partial charge in [-0.1, -0.05) is 77.7 Å². The zero-order valence-corrected chi connectivity index (χ0v) is 18.9. The van der Waals surface area contributed by atoms with Crippen LogP contribution < -0.4 is 10.1 Å². The highest BCUT2D eigenvalue weighted by atomic mass is 32.2. The van der Waals surface area contributed by atoms with Crippen LogP contribution in [-0.4, -0.2) is 27.1 Å². The average Bonchev–Trinajstić information content (AvgIpc) is 3.39. The fraction of sp³-hybridized carbons (Fsp3) is 0.125. The van der Waals surface area contributed by atoms with Gasteiger partial charge >= 0.3 is 0 Å². The Morgan fingerprint density at radius 1 is 1.03 bits per heavy atom. The van der Waals surface area contributed by atoms with Gasteiger partial charge in [0.05, 0.1) is 22.5 Å². The first-order chi connectivity index (χ1) is 15.7. The minimum absolute atomic E-state index is 0.148. The summed E-state index contributed by atoms with van der Waals surface area (Å²) in [5, 5.41) is 11.9. The third kappa shape index (κ3) is 3.94. The van der Waals surface area contributed by atoms with E-state index in [-0.39, 0.29) is 5.91 Å². The molecule has 32 heavy (non-hydrogen) atoms. The lowest BCUT2D eigenvalue weighted by atomic mass is 10.1. The number of carbonyl (C=O) groups excluding carboxylic acids is 1. The van der Waals surface area contributed by atoms with Crippen molar-refractivity contribution in [2.45, 2.75) is 17.3 Å². The lowest BCUT2D eigenvalue weighted by Gasteiger charge is -2.17. The molecule has 1 atom stereocenters. The minimum Gasteiger partial charge on any atom is -0.492 e. The van der Waals surface area contributed by atoms with Gasteiger partial charge in [-0.2, -0.15) is 0 Å². The number of amides is 1. The number of thiazole rings is 1. The van der Waals surface area contributed by atoms with Crippen molar-refractivity contribution in [2.75, 3.05) is 11.9 Å². The zero-order chi connectivity index (χ0) is 21.9. The van der Waals surface area contributed by atoms with Gasteiger partial charge in [-0.3, -0.25) is 9.20 Å². The van der Waals surface area contributed by atoms with E-state index >= 15 is 0 Å². The van der Waals surface area contributed by atoms with Crippen LogP contribution in [0.1, 0.15) is 17.7 Å². The SMILES string of the molecule is CCOc1ccccc1NC(=O)C(Sc1nnc2sc3ccccc3n12)c1ccccc1. The molecule has 0 bridgehead atoms. The van der Waals surface area contributed by atoms with Gasteiger partial charge in [-0.15, -0.1) is 10.2 Å². The van der Waals surface area contributed by atoms with Crippen molar-refractivity contribution in [1.82, 2.24) is 14.6 Å². The summed E-state index contributed by atoms with van der Waals surface area (Å²) in [7, 11) is 0. The Balaban J connectivity index is 1.51. The molecule has 5 rings (SSSR count). The highest BCUT2D eigenvalue weighted by Gasteiger charge is 2.26. The van der Waals surface area contributed by atoms with E-state index in [9.17, 15) is 4.79 Å². The van der Waals surface area contributed by atoms with Gasteiger partial charge in [0.25, 0.3) is 0 Å². The molecule has 1 amide bonds. The first kappa shape index (κ1) is 20.5. The molecule has 2 heterocycles. The number of rotatable bonds is 7. The van der Waals surface area contributed by atoms with Gasteiger partial charge in [-0.05, 0) is 36.8 Å². The summed E-state index contributed by atoms with van der Waals surface area (Å²) in [6.45, 7) is 2.44. The molecule has 1 unspecified atom stereocenters. The molecule has 0 spiro atoms. The maximum Gasteiger partial charge on any atom is 0.242 e. The largest absolute Gasteiger partial charge is 0.492 e. The topological polar surface area (TPSA) is 68.5 Å². The molecule has 0 aliphatic heterocycles. The maximum atomic E-state index is 13.5. The minimum atomic E-state index is -0.517. The predicted octanol–water partition coefficient (Wildman–Crippen LogP) is 5.81. The fourth-order valence-electron chi connectivity index (χ4n) is 3.49. The molecule has 0 aliphatic carbocycles. The smallest absolute Gasteiger partial charge is 0.242 e. The van der Waals surface area contributed by atoms with E-state index in [2.05, 4.69) is 21.6 Å². The highest BCUT2D eigenvalue weighted by Crippen LogP contribution is 2.38. The molecule has 0 radical (unpaired) electrons. The van der Waals surface area contributed by atoms with Gasteiger partial charge < -0.3 is 10.1 Å². The number of fused-ring (bicyclic) bond motifs is 3. The Hall–Kier alpha value is -3.36. The number of para-hydroxylation sites is 3. The van der Waals surface area contributed by atoms with Crippen molar-refractivity contribution in [3.63, 3.8) is 0 Å². The van der Waals surface area contributed by atoms with Crippen molar-refractivity contribution in [1.29, 1.82) is 0 Å². The number of thioether (sulfide) groups is 1. The predicted molar refractivity (Wildman–Crippen MR) is 130 cm³/mol. The molecule has 0 saturated heterocycles. The van der Waals surface area contributed by atoms with Crippen LogP contribution in [0.4, 0.5) is 5.69 Å². The summed E-state index contributed by atoms with van der Waals surface area (Å²) >= 11 is 2.97. The summed E-state index contributed by atoms with van der Waals surface area (Å²) in [4.78, 5) is 14.3. The number of aromatic nitrogens is 3. The average molecular weight is 461 g/mol. The lowest BCUT2D eigenvalue weighted by Crippen LogP contribution is -2.20. The second kappa shape index (κ2) is 9.02. The fourth-order valence-corrected chi connectivity index (χ4v) is 5.56. The molecule has 0 aliphatic rings. The van der Waals surface area contributed by atoms with Crippen LogP contribution in [0, 0.1) is 0 Å². The number of nitrogens with one attached hydrogen (secondary N) is 1. The van der Waals surface area contributed by atoms with E-state index in [1.165, 1.54) is 11.8 Å². The van der Waals surface area contributed by atoms with E-state index in [0.29, 0.717) is 23.2 Å². The number of nitrogens with zero attached hydrogens (tertiary/aromatic N) is 3. The first-order valence-electron chi connectivity index (χ1n) is 10.2. The van der Waals surface area contributed by atoms with E-state index < -0.39 is 5.25 Å². The van der Waals surface area contributed by atoms with Crippen molar-refractivity contribution >= 4 is 49.9 Å². The van der Waals surface area contributed by atoms with Crippen LogP contribution in [-0.2, 0) is 4.79 Å². The third-order valence-electron chi connectivity index (χ3n) is 4.92. The van der Waals surface area contributed by atoms with E-state index in [1.54, 1.807) is 11.3 Å². The van der Waals surface area contributed by atoms with Crippen molar-refractivity contribution < 1.29 is 9.53 Å². The molecule has 3 aromatic carbocycles. The second-order valence-corrected chi connectivity index (χ2v) is 9.08. The molecule has 1 N–H and O–H groups in total. The molecule has 8 heteroatoms. The van der Waals surface area contributed by atoms with Gasteiger partial charge in [0.2, 0.25) is 10.9 Å². The summed E-state index contributed by atoms with van der Waals surface area (Å²) < 4.78 is 8.82. The van der Waals surface area contributed by atoms with Crippen LogP contribution in [0.2, 0.25) is 0 Å². The Morgan fingerprint density at radius 2 is 1.78 bits per heavy atom. The van der Waals surface area contributed by atoms with E-state index in [1.807, 2.05) is 84.1 Å². The number of hydrogen-bond acceptors (Lipinski definition) is 6. The molecular formula is C24H20N4O2S2. The Kier molecular flexibility index (Phi) is 5.79. The third-order valence-corrected chi connectivity index (χ3v) is 7.13. The number of hydrogen-bond donors (Lipinski definition) is 1. The molecule has 6 nitrogen and oxygen atoms in total. The van der Waals surface area contributed by atoms with Gasteiger partial charge in [-0.25, -0.2) is 0 Å². The van der Waals surface area contributed by atoms with Gasteiger partial charge in [0.1, 0.15) is 11.0 Å². The van der Waals surface area contributed by atoms with Crippen LogP contribution in [0.15, 0.2) is 84.0 Å². The van der Waals surface area contributed by atoms with Gasteiger partial charge in [0, 0.05) is 0 Å². The maximum absolute atomic E-state index is 13.5. The Bertz CT molecular complexity index is 1380. The zero-order valence-electron chi connectivity index (χ0n) is 17.3. The molecule has 0 fully saturated rings. The van der Waals surface area contributed by atoms with Crippen LogP contribution in [0.5, 0.6) is 5.75 Å². The van der Waals surface area contributed by atoms with Gasteiger partial charge in [0.15, 0.2) is 5.16 Å². The first-order valence-corrected chi connectivity index (χ1v) is 11.9. The Labute approximate surface area is 193 Å². The molecule has 2 aromatic heterocycles. The number of anilines is 1. The van der Waals surface area contributed by atoms with Crippen molar-refractivity contribution in [3.8, 4) is 5.75 Å². The standard InChI is InChI=1S/C24H20N4O2S2/c1-2-30-19-14-8-6-12-17(19)25-22(29)21(16-10-4-3-5-11-16)32-24-27-26-23-28(24)18-13-7-9-15-20(18)31-23/h3-15,21H,2H2,1H3,(H,25,29). The molecule has 5 aromatic rings. The Morgan fingerprint density at radius 3 is 2.62 bits per heavy atom. The summed E-state index contributed by atoms with van der Waals surface area (Å²) in [6, 6.07) is 25.3. The summed E-state index contributed by atoms with van der Waals surface area (Å²) in [5.41, 5.74) is 2.57. The van der Waals surface area contributed by atoms with E-state index in [4.69, 9.17) is 4.74 Å². The number of carbonyl (C=O) groups is 1. The summed E-state index contributed by atoms with van der Waals surface area (Å²) in [6.07, 6.45) is 0. The molecule has 160 valence electrons. The van der Waals surface area contributed by atoms with Crippen molar-refractivity contribution in [2.24, 2.45) is 0 Å². The van der Waals surface area contributed by atoms with E-state index in [0.717, 1.165) is 20.7 Å². The number of benzene rings is 3. The summed E-state index contributed by atoms with van der Waals surface area (Å²) in [5.74, 6) is 0.499. The van der Waals surface area contributed by atoms with Crippen LogP contribution >= 0.6 is 23.1 Å². The molecular weight excluding hydrogens is 440 g/mol. The lowest BCUT2D eigenvalue weighted by molar-refractivity contribution is -0.115. The highest BCUT2D eigenvalue weighted by molar-refractivity contribution is 8.00.